The van der Waals surface area contributed by atoms with Crippen LogP contribution in [0.5, 0.6) is 0 Å². The molecule has 1 aromatic carbocycles. The maximum Gasteiger partial charge on any atom is 0.404 e. The lowest BCUT2D eigenvalue weighted by Gasteiger charge is -2.43. The Kier molecular flexibility index (Phi) is 11.0. The molecule has 0 bridgehead atoms. The normalized spacial score (nSPS) is 21.2. The molecular weight excluding hydrogens is 475 g/mol. The maximum absolute atomic E-state index is 15.0. The Morgan fingerprint density at radius 2 is 1.95 bits per heavy atom. The fraction of sp³-hybridized carbons (Fsp3) is 0.714. The number of carbonyl (C=O) groups is 2. The Labute approximate surface area is 220 Å². The molecule has 3 atom stereocenters. The molecule has 0 radical (unpaired) electrons. The molecule has 9 heteroatoms. The number of aliphatic hydroxyl groups is 1. The van der Waals surface area contributed by atoms with Crippen molar-refractivity contribution in [3.8, 4) is 0 Å². The number of amides is 3. The van der Waals surface area contributed by atoms with Crippen LogP contribution in [0.15, 0.2) is 18.2 Å². The van der Waals surface area contributed by atoms with E-state index in [0.29, 0.717) is 44.8 Å². The number of nitrogens with zero attached hydrogens (tertiary/aromatic N) is 1. The van der Waals surface area contributed by atoms with Crippen LogP contribution in [0, 0.1) is 24.6 Å². The zero-order valence-corrected chi connectivity index (χ0v) is 22.4. The lowest BCUT2D eigenvalue weighted by molar-refractivity contribution is -0.0577. The van der Waals surface area contributed by atoms with Crippen LogP contribution < -0.4 is 16.0 Å². The predicted octanol–water partition coefficient (Wildman–Crippen LogP) is 4.35. The quantitative estimate of drug-likeness (QED) is 0.279. The van der Waals surface area contributed by atoms with Crippen molar-refractivity contribution < 1.29 is 24.2 Å². The largest absolute Gasteiger partial charge is 0.465 e. The number of urea groups is 1. The van der Waals surface area contributed by atoms with E-state index in [4.69, 9.17) is 5.11 Å². The van der Waals surface area contributed by atoms with Gasteiger partial charge in [-0.15, -0.1) is 0 Å². The molecule has 1 aromatic rings. The fourth-order valence-electron chi connectivity index (χ4n) is 6.17. The number of piperidine rings is 1. The Hall–Kier alpha value is -2.39. The minimum absolute atomic E-state index is 0.0381. The van der Waals surface area contributed by atoms with Crippen molar-refractivity contribution in [3.05, 3.63) is 35.1 Å². The van der Waals surface area contributed by atoms with Gasteiger partial charge in [-0.1, -0.05) is 49.8 Å². The van der Waals surface area contributed by atoms with Gasteiger partial charge in [0.05, 0.1) is 5.60 Å². The fourth-order valence-corrected chi connectivity index (χ4v) is 6.17. The first-order valence-electron chi connectivity index (χ1n) is 13.9. The first-order chi connectivity index (χ1) is 17.7. The van der Waals surface area contributed by atoms with Gasteiger partial charge < -0.3 is 31.1 Å². The second-order valence-electron chi connectivity index (χ2n) is 11.0. The van der Waals surface area contributed by atoms with Crippen LogP contribution in [0.4, 0.5) is 14.0 Å². The van der Waals surface area contributed by atoms with Crippen molar-refractivity contribution in [3.63, 3.8) is 0 Å². The molecular formula is C28H45FN4O4. The van der Waals surface area contributed by atoms with Crippen molar-refractivity contribution in [2.24, 2.45) is 11.8 Å². The van der Waals surface area contributed by atoms with Crippen LogP contribution in [0.3, 0.4) is 0 Å². The van der Waals surface area contributed by atoms with Gasteiger partial charge in [0, 0.05) is 43.7 Å². The van der Waals surface area contributed by atoms with E-state index in [0.717, 1.165) is 12.0 Å². The van der Waals surface area contributed by atoms with E-state index in [-0.39, 0.29) is 36.5 Å². The zero-order chi connectivity index (χ0) is 26.8. The lowest BCUT2D eigenvalue weighted by atomic mass is 9.73. The van der Waals surface area contributed by atoms with Gasteiger partial charge in [0.2, 0.25) is 0 Å². The number of halogens is 1. The number of aryl methyl sites for hydroxylation is 1. The van der Waals surface area contributed by atoms with Gasteiger partial charge in [0.1, 0.15) is 5.82 Å². The minimum Gasteiger partial charge on any atom is -0.465 e. The van der Waals surface area contributed by atoms with Crippen LogP contribution in [-0.2, 0) is 5.60 Å². The first kappa shape index (κ1) is 29.2. The van der Waals surface area contributed by atoms with E-state index in [1.807, 2.05) is 14.0 Å². The minimum atomic E-state index is -1.51. The summed E-state index contributed by atoms with van der Waals surface area (Å²) in [5, 5.41) is 29.6. The van der Waals surface area contributed by atoms with E-state index < -0.39 is 17.5 Å². The molecule has 3 rings (SSSR count). The van der Waals surface area contributed by atoms with Gasteiger partial charge in [0.25, 0.3) is 0 Å². The molecule has 3 amide bonds. The maximum atomic E-state index is 15.0. The number of carboxylic acid groups (broad SMARTS) is 1. The Bertz CT molecular complexity index is 895. The summed E-state index contributed by atoms with van der Waals surface area (Å²) < 4.78 is 15.0. The molecule has 5 N–H and O–H groups in total. The smallest absolute Gasteiger partial charge is 0.404 e. The SMILES string of the molecule is CNC[C@H](CC1CCCCC1)NC(=O)N1CCC[C@@H]([C@@](O)(CCCNC(=O)O)c2cc(C)ccc2F)C1. The van der Waals surface area contributed by atoms with Crippen LogP contribution in [0.2, 0.25) is 0 Å². The first-order valence-corrected chi connectivity index (χ1v) is 13.9. The lowest BCUT2D eigenvalue weighted by Crippen LogP contribution is -2.54. The highest BCUT2D eigenvalue weighted by molar-refractivity contribution is 5.74. The van der Waals surface area contributed by atoms with Crippen molar-refractivity contribution >= 4 is 12.1 Å². The average molecular weight is 521 g/mol. The number of benzene rings is 1. The van der Waals surface area contributed by atoms with Crippen LogP contribution in [0.1, 0.15) is 75.3 Å². The van der Waals surface area contributed by atoms with Crippen molar-refractivity contribution in [2.45, 2.75) is 82.8 Å². The molecule has 37 heavy (non-hydrogen) atoms. The van der Waals surface area contributed by atoms with Gasteiger partial charge in [-0.2, -0.15) is 0 Å². The second-order valence-corrected chi connectivity index (χ2v) is 11.0. The highest BCUT2D eigenvalue weighted by Gasteiger charge is 2.43. The Balaban J connectivity index is 1.72. The van der Waals surface area contributed by atoms with Gasteiger partial charge >= 0.3 is 12.1 Å². The highest BCUT2D eigenvalue weighted by atomic mass is 19.1. The van der Waals surface area contributed by atoms with Crippen molar-refractivity contribution in [2.75, 3.05) is 33.2 Å². The van der Waals surface area contributed by atoms with Gasteiger partial charge in [0.15, 0.2) is 0 Å². The third kappa shape index (κ3) is 8.30. The summed E-state index contributed by atoms with van der Waals surface area (Å²) in [6.07, 6.45) is 7.98. The van der Waals surface area contributed by atoms with E-state index in [2.05, 4.69) is 16.0 Å². The molecule has 1 saturated carbocycles. The van der Waals surface area contributed by atoms with Crippen LogP contribution in [-0.4, -0.2) is 66.5 Å². The second kappa shape index (κ2) is 14.0. The molecule has 8 nitrogen and oxygen atoms in total. The number of likely N-dealkylation sites (N-methyl/N-ethyl adjacent to an activating group) is 1. The summed E-state index contributed by atoms with van der Waals surface area (Å²) in [6.45, 7) is 3.62. The molecule has 0 spiro atoms. The molecule has 1 aliphatic heterocycles. The highest BCUT2D eigenvalue weighted by Crippen LogP contribution is 2.41. The monoisotopic (exact) mass is 520 g/mol. The summed E-state index contributed by atoms with van der Waals surface area (Å²) in [5.41, 5.74) is -0.455. The van der Waals surface area contributed by atoms with Crippen LogP contribution >= 0.6 is 0 Å². The standard InChI is InChI=1S/C28H45FN4O4/c1-20-11-12-25(29)24(16-20)28(37,13-7-14-31-27(35)36)22-10-6-15-33(19-22)26(34)32-23(18-30-2)17-21-8-4-3-5-9-21/h11-12,16,21-23,30-31,37H,3-10,13-15,17-19H2,1-2H3,(H,32,34)(H,35,36)/t22-,23+,28+/m1/s1. The van der Waals surface area contributed by atoms with E-state index in [1.54, 1.807) is 17.0 Å². The number of hydrogen-bond acceptors (Lipinski definition) is 4. The van der Waals surface area contributed by atoms with E-state index in [9.17, 15) is 14.7 Å². The molecule has 2 fully saturated rings. The summed E-state index contributed by atoms with van der Waals surface area (Å²) in [4.78, 5) is 26.0. The Morgan fingerprint density at radius 1 is 1.19 bits per heavy atom. The average Bonchev–Trinajstić information content (AvgIpc) is 2.88. The molecule has 208 valence electrons. The van der Waals surface area contributed by atoms with Crippen molar-refractivity contribution in [1.29, 1.82) is 0 Å². The topological polar surface area (TPSA) is 114 Å². The molecule has 0 aromatic heterocycles. The number of hydrogen-bond donors (Lipinski definition) is 5. The summed E-state index contributed by atoms with van der Waals surface area (Å²) in [6, 6.07) is 4.61. The summed E-state index contributed by atoms with van der Waals surface area (Å²) in [5.74, 6) is -0.216. The Morgan fingerprint density at radius 3 is 2.65 bits per heavy atom. The number of rotatable bonds is 11. The van der Waals surface area contributed by atoms with Crippen LogP contribution in [0.25, 0.3) is 0 Å². The molecule has 1 heterocycles. The molecule has 0 unspecified atom stereocenters. The van der Waals surface area contributed by atoms with Gasteiger partial charge in [-0.3, -0.25) is 0 Å². The molecule has 1 aliphatic carbocycles. The zero-order valence-electron chi connectivity index (χ0n) is 22.4. The third-order valence-electron chi connectivity index (χ3n) is 8.10. The van der Waals surface area contributed by atoms with Gasteiger partial charge in [-0.25, -0.2) is 14.0 Å². The summed E-state index contributed by atoms with van der Waals surface area (Å²) >= 11 is 0. The van der Waals surface area contributed by atoms with Gasteiger partial charge in [-0.05, 0) is 58.1 Å². The van der Waals surface area contributed by atoms with Crippen molar-refractivity contribution in [1.82, 2.24) is 20.9 Å². The van der Waals surface area contributed by atoms with E-state index in [1.165, 1.54) is 38.2 Å². The summed E-state index contributed by atoms with van der Waals surface area (Å²) in [7, 11) is 1.90. The molecule has 1 saturated heterocycles. The third-order valence-corrected chi connectivity index (χ3v) is 8.10. The van der Waals surface area contributed by atoms with E-state index >= 15 is 4.39 Å². The number of nitrogens with one attached hydrogen (secondary N) is 3. The number of carbonyl (C=O) groups excluding carboxylic acids is 1. The number of likely N-dealkylation sites (tertiary alicyclic amines) is 1. The predicted molar refractivity (Wildman–Crippen MR) is 142 cm³/mol. The molecule has 2 aliphatic rings.